The predicted molar refractivity (Wildman–Crippen MR) is 105 cm³/mol. The Hall–Kier alpha value is -1.37. The molecule has 1 N–H and O–H groups in total. The highest BCUT2D eigenvalue weighted by Gasteiger charge is 2.24. The second kappa shape index (κ2) is 9.22. The van der Waals surface area contributed by atoms with Crippen molar-refractivity contribution in [2.45, 2.75) is 6.04 Å². The summed E-state index contributed by atoms with van der Waals surface area (Å²) in [4.78, 5) is 14.8. The van der Waals surface area contributed by atoms with Crippen LogP contribution in [-0.2, 0) is 4.74 Å². The number of hydrogen-bond acceptors (Lipinski definition) is 3. The molecule has 144 valence electrons. The van der Waals surface area contributed by atoms with Crippen molar-refractivity contribution in [1.29, 1.82) is 0 Å². The molecule has 1 amide bonds. The van der Waals surface area contributed by atoms with Crippen molar-refractivity contribution in [3.63, 3.8) is 0 Å². The largest absolute Gasteiger partial charge is 0.379 e. The monoisotopic (exact) mass is 430 g/mol. The topological polar surface area (TPSA) is 41.6 Å². The Labute approximate surface area is 172 Å². The molecule has 1 fully saturated rings. The highest BCUT2D eigenvalue weighted by atomic mass is 35.5. The van der Waals surface area contributed by atoms with E-state index in [-0.39, 0.29) is 21.7 Å². The molecule has 1 saturated heterocycles. The third-order valence-electron chi connectivity index (χ3n) is 4.45. The molecule has 0 saturated carbocycles. The molecule has 1 unspecified atom stereocenters. The highest BCUT2D eigenvalue weighted by molar-refractivity contribution is 6.36. The van der Waals surface area contributed by atoms with Gasteiger partial charge in [-0.15, -0.1) is 0 Å². The number of halogens is 4. The lowest BCUT2D eigenvalue weighted by Crippen LogP contribution is -2.43. The first kappa shape index (κ1) is 20.4. The molecule has 0 spiro atoms. The Bertz CT molecular complexity index is 811. The molecule has 1 heterocycles. The molecule has 4 nitrogen and oxygen atoms in total. The maximum absolute atomic E-state index is 13.7. The number of morpholine rings is 1. The molecule has 0 aliphatic carbocycles. The van der Waals surface area contributed by atoms with E-state index in [4.69, 9.17) is 39.5 Å². The summed E-state index contributed by atoms with van der Waals surface area (Å²) in [5, 5.41) is 3.48. The van der Waals surface area contributed by atoms with Crippen LogP contribution in [0.1, 0.15) is 22.0 Å². The fraction of sp³-hybridized carbons (Fsp3) is 0.316. The summed E-state index contributed by atoms with van der Waals surface area (Å²) in [7, 11) is 0. The first-order chi connectivity index (χ1) is 13.0. The van der Waals surface area contributed by atoms with E-state index >= 15 is 0 Å². The Balaban J connectivity index is 1.77. The maximum Gasteiger partial charge on any atom is 0.252 e. The van der Waals surface area contributed by atoms with Crippen LogP contribution in [0.3, 0.4) is 0 Å². The number of nitrogens with zero attached hydrogens (tertiary/aromatic N) is 1. The standard InChI is InChI=1S/C19H18Cl3FN2O2/c20-13-3-1-12(2-4-13)18(25-5-7-27-8-6-25)11-24-19(26)14-9-17(23)16(22)10-15(14)21/h1-4,9-10,18H,5-8,11H2,(H,24,26). The number of carbonyl (C=O) groups is 1. The van der Waals surface area contributed by atoms with E-state index in [1.807, 2.05) is 24.3 Å². The summed E-state index contributed by atoms with van der Waals surface area (Å²) in [5.74, 6) is -1.14. The fourth-order valence-corrected chi connectivity index (χ4v) is 3.61. The second-order valence-corrected chi connectivity index (χ2v) is 7.42. The van der Waals surface area contributed by atoms with Gasteiger partial charge in [-0.3, -0.25) is 9.69 Å². The van der Waals surface area contributed by atoms with Crippen LogP contribution in [-0.4, -0.2) is 43.7 Å². The minimum absolute atomic E-state index is 0.0513. The first-order valence-corrected chi connectivity index (χ1v) is 9.59. The minimum Gasteiger partial charge on any atom is -0.379 e. The lowest BCUT2D eigenvalue weighted by Gasteiger charge is -2.35. The minimum atomic E-state index is -0.686. The van der Waals surface area contributed by atoms with E-state index in [9.17, 15) is 9.18 Å². The highest BCUT2D eigenvalue weighted by Crippen LogP contribution is 2.26. The van der Waals surface area contributed by atoms with Crippen LogP contribution >= 0.6 is 34.8 Å². The molecule has 1 atom stereocenters. The number of nitrogens with one attached hydrogen (secondary N) is 1. The fourth-order valence-electron chi connectivity index (χ4n) is 3.01. The van der Waals surface area contributed by atoms with Crippen molar-refractivity contribution in [2.75, 3.05) is 32.8 Å². The molecular weight excluding hydrogens is 414 g/mol. The molecule has 0 radical (unpaired) electrons. The Morgan fingerprint density at radius 1 is 1.11 bits per heavy atom. The lowest BCUT2D eigenvalue weighted by molar-refractivity contribution is 0.0162. The molecular formula is C19H18Cl3FN2O2. The average molecular weight is 432 g/mol. The number of ether oxygens (including phenoxy) is 1. The lowest BCUT2D eigenvalue weighted by atomic mass is 10.0. The van der Waals surface area contributed by atoms with Crippen LogP contribution in [0.15, 0.2) is 36.4 Å². The van der Waals surface area contributed by atoms with Gasteiger partial charge in [0.15, 0.2) is 0 Å². The van der Waals surface area contributed by atoms with Gasteiger partial charge in [-0.05, 0) is 29.8 Å². The molecule has 3 rings (SSSR count). The Morgan fingerprint density at radius 3 is 2.44 bits per heavy atom. The van der Waals surface area contributed by atoms with Gasteiger partial charge in [-0.25, -0.2) is 4.39 Å². The molecule has 1 aliphatic heterocycles. The van der Waals surface area contributed by atoms with Crippen molar-refractivity contribution in [2.24, 2.45) is 0 Å². The van der Waals surface area contributed by atoms with Gasteiger partial charge in [0.2, 0.25) is 0 Å². The quantitative estimate of drug-likeness (QED) is 0.704. The Morgan fingerprint density at radius 2 is 1.78 bits per heavy atom. The summed E-state index contributed by atoms with van der Waals surface area (Å²) >= 11 is 17.7. The summed E-state index contributed by atoms with van der Waals surface area (Å²) < 4.78 is 19.1. The van der Waals surface area contributed by atoms with Gasteiger partial charge in [-0.2, -0.15) is 0 Å². The van der Waals surface area contributed by atoms with E-state index in [0.717, 1.165) is 24.7 Å². The number of hydrogen-bond donors (Lipinski definition) is 1. The van der Waals surface area contributed by atoms with Crippen LogP contribution < -0.4 is 5.32 Å². The van der Waals surface area contributed by atoms with Crippen LogP contribution in [0.2, 0.25) is 15.1 Å². The van der Waals surface area contributed by atoms with Gasteiger partial charge < -0.3 is 10.1 Å². The van der Waals surface area contributed by atoms with Crippen molar-refractivity contribution in [3.8, 4) is 0 Å². The molecule has 27 heavy (non-hydrogen) atoms. The van der Waals surface area contributed by atoms with E-state index in [0.29, 0.717) is 24.8 Å². The van der Waals surface area contributed by atoms with E-state index in [1.165, 1.54) is 6.07 Å². The normalized spacial score (nSPS) is 16.1. The number of rotatable bonds is 5. The van der Waals surface area contributed by atoms with Crippen LogP contribution in [0, 0.1) is 5.82 Å². The molecule has 1 aliphatic rings. The smallest absolute Gasteiger partial charge is 0.252 e. The van der Waals surface area contributed by atoms with Crippen LogP contribution in [0.25, 0.3) is 0 Å². The van der Waals surface area contributed by atoms with E-state index in [1.54, 1.807) is 0 Å². The predicted octanol–water partition coefficient (Wildman–Crippen LogP) is 4.59. The van der Waals surface area contributed by atoms with Gasteiger partial charge in [-0.1, -0.05) is 46.9 Å². The van der Waals surface area contributed by atoms with Gasteiger partial charge >= 0.3 is 0 Å². The molecule has 0 aromatic heterocycles. The van der Waals surface area contributed by atoms with Gasteiger partial charge in [0, 0.05) is 24.7 Å². The summed E-state index contributed by atoms with van der Waals surface area (Å²) in [6, 6.07) is 9.71. The average Bonchev–Trinajstić information content (AvgIpc) is 2.67. The van der Waals surface area contributed by atoms with Crippen molar-refractivity contribution in [1.82, 2.24) is 10.2 Å². The number of amides is 1. The van der Waals surface area contributed by atoms with Crippen LogP contribution in [0.4, 0.5) is 4.39 Å². The molecule has 2 aromatic carbocycles. The van der Waals surface area contributed by atoms with Crippen molar-refractivity contribution in [3.05, 3.63) is 68.4 Å². The Kier molecular flexibility index (Phi) is 6.95. The zero-order chi connectivity index (χ0) is 19.4. The second-order valence-electron chi connectivity index (χ2n) is 6.17. The molecule has 8 heteroatoms. The molecule has 2 aromatic rings. The zero-order valence-electron chi connectivity index (χ0n) is 14.4. The number of carbonyl (C=O) groups excluding carboxylic acids is 1. The summed E-state index contributed by atoms with van der Waals surface area (Å²) in [6.07, 6.45) is 0. The van der Waals surface area contributed by atoms with Crippen molar-refractivity contribution >= 4 is 40.7 Å². The first-order valence-electron chi connectivity index (χ1n) is 8.45. The third-order valence-corrected chi connectivity index (χ3v) is 5.31. The van der Waals surface area contributed by atoms with E-state index in [2.05, 4.69) is 10.2 Å². The SMILES string of the molecule is O=C(NCC(c1ccc(Cl)cc1)N1CCOCC1)c1cc(F)c(Cl)cc1Cl. The number of benzene rings is 2. The van der Waals surface area contributed by atoms with E-state index < -0.39 is 11.7 Å². The van der Waals surface area contributed by atoms with Crippen molar-refractivity contribution < 1.29 is 13.9 Å². The van der Waals surface area contributed by atoms with Gasteiger partial charge in [0.1, 0.15) is 5.82 Å². The molecule has 0 bridgehead atoms. The van der Waals surface area contributed by atoms with Crippen LogP contribution in [0.5, 0.6) is 0 Å². The zero-order valence-corrected chi connectivity index (χ0v) is 16.6. The summed E-state index contributed by atoms with van der Waals surface area (Å²) in [6.45, 7) is 3.10. The van der Waals surface area contributed by atoms with Gasteiger partial charge in [0.05, 0.1) is 34.9 Å². The van der Waals surface area contributed by atoms with Gasteiger partial charge in [0.25, 0.3) is 5.91 Å². The summed E-state index contributed by atoms with van der Waals surface area (Å²) in [5.41, 5.74) is 1.07. The third kappa shape index (κ3) is 5.12. The maximum atomic E-state index is 13.7.